The van der Waals surface area contributed by atoms with Crippen LogP contribution in [0.5, 0.6) is 0 Å². The van der Waals surface area contributed by atoms with Gasteiger partial charge in [-0.1, -0.05) is 29.8 Å². The Morgan fingerprint density at radius 1 is 1.10 bits per heavy atom. The van der Waals surface area contributed by atoms with E-state index in [1.807, 2.05) is 0 Å². The van der Waals surface area contributed by atoms with Gasteiger partial charge in [-0.2, -0.15) is 13.2 Å². The molecular formula is C21H21ClF3N3O3. The normalized spacial score (nSPS) is 12.1. The molecule has 2 aromatic rings. The topological polar surface area (TPSA) is 78.5 Å². The number of hydrogen-bond acceptors (Lipinski definition) is 3. The third-order valence-electron chi connectivity index (χ3n) is 4.26. The molecule has 0 aromatic heterocycles. The molecule has 0 spiro atoms. The third kappa shape index (κ3) is 7.29. The van der Waals surface area contributed by atoms with E-state index >= 15 is 0 Å². The van der Waals surface area contributed by atoms with Crippen LogP contribution in [0.3, 0.4) is 0 Å². The van der Waals surface area contributed by atoms with Gasteiger partial charge in [0.15, 0.2) is 0 Å². The van der Waals surface area contributed by atoms with Gasteiger partial charge in [-0.3, -0.25) is 14.4 Å². The van der Waals surface area contributed by atoms with Crippen LogP contribution in [0.1, 0.15) is 29.3 Å². The quantitative estimate of drug-likeness (QED) is 0.663. The maximum absolute atomic E-state index is 12.9. The molecule has 3 amide bonds. The highest BCUT2D eigenvalue weighted by Crippen LogP contribution is 2.36. The van der Waals surface area contributed by atoms with Crippen molar-refractivity contribution in [3.05, 3.63) is 64.7 Å². The second kappa shape index (κ2) is 10.3. The molecular weight excluding hydrogens is 435 g/mol. The summed E-state index contributed by atoms with van der Waals surface area (Å²) >= 11 is 5.55. The van der Waals surface area contributed by atoms with Crippen LogP contribution < -0.4 is 10.6 Å². The van der Waals surface area contributed by atoms with E-state index in [1.165, 1.54) is 13.1 Å². The van der Waals surface area contributed by atoms with E-state index in [2.05, 4.69) is 10.6 Å². The molecule has 0 heterocycles. The summed E-state index contributed by atoms with van der Waals surface area (Å²) in [5.74, 6) is -1.42. The summed E-state index contributed by atoms with van der Waals surface area (Å²) in [5, 5.41) is 4.53. The zero-order valence-electron chi connectivity index (χ0n) is 16.8. The number of halogens is 4. The van der Waals surface area contributed by atoms with Gasteiger partial charge in [0.2, 0.25) is 11.8 Å². The van der Waals surface area contributed by atoms with Gasteiger partial charge in [0.1, 0.15) is 0 Å². The second-order valence-electron chi connectivity index (χ2n) is 6.94. The predicted molar refractivity (Wildman–Crippen MR) is 111 cm³/mol. The molecule has 0 aliphatic heterocycles. The van der Waals surface area contributed by atoms with Gasteiger partial charge in [-0.25, -0.2) is 0 Å². The Morgan fingerprint density at radius 2 is 1.74 bits per heavy atom. The first-order valence-electron chi connectivity index (χ1n) is 9.24. The number of alkyl halides is 3. The lowest BCUT2D eigenvalue weighted by Gasteiger charge is -2.20. The van der Waals surface area contributed by atoms with E-state index in [0.717, 1.165) is 17.0 Å². The number of benzene rings is 2. The molecule has 1 atom stereocenters. The Labute approximate surface area is 182 Å². The van der Waals surface area contributed by atoms with Crippen LogP contribution in [-0.4, -0.2) is 42.3 Å². The molecule has 2 N–H and O–H groups in total. The number of nitrogens with zero attached hydrogens (tertiary/aromatic N) is 1. The average molecular weight is 456 g/mol. The average Bonchev–Trinajstić information content (AvgIpc) is 2.69. The van der Waals surface area contributed by atoms with Crippen molar-refractivity contribution in [2.75, 3.05) is 18.9 Å². The van der Waals surface area contributed by atoms with Gasteiger partial charge in [-0.15, -0.1) is 0 Å². The van der Waals surface area contributed by atoms with E-state index in [0.29, 0.717) is 5.56 Å². The Morgan fingerprint density at radius 3 is 2.35 bits per heavy atom. The van der Waals surface area contributed by atoms with Crippen LogP contribution in [-0.2, 0) is 15.8 Å². The van der Waals surface area contributed by atoms with Crippen LogP contribution in [0.2, 0.25) is 5.02 Å². The largest absolute Gasteiger partial charge is 0.417 e. The van der Waals surface area contributed by atoms with Gasteiger partial charge in [0.25, 0.3) is 5.91 Å². The number of rotatable bonds is 7. The summed E-state index contributed by atoms with van der Waals surface area (Å²) in [4.78, 5) is 37.7. The van der Waals surface area contributed by atoms with Gasteiger partial charge < -0.3 is 15.5 Å². The minimum atomic E-state index is -4.66. The standard InChI is InChI=1S/C21H21ClF3N3O3/c1-13(26-20(31)14-6-4-3-5-7-14)10-19(30)28(2)12-18(29)27-15-8-9-17(22)16(11-15)21(23,24)25/h3-9,11,13H,10,12H2,1-2H3,(H,26,31)(H,27,29). The molecule has 0 saturated carbocycles. The number of likely N-dealkylation sites (N-methyl/N-ethyl adjacent to an activating group) is 1. The summed E-state index contributed by atoms with van der Waals surface area (Å²) in [6.45, 7) is 1.28. The molecule has 0 fully saturated rings. The van der Waals surface area contributed by atoms with Crippen LogP contribution in [0, 0.1) is 0 Å². The molecule has 1 unspecified atom stereocenters. The van der Waals surface area contributed by atoms with Crippen LogP contribution in [0.15, 0.2) is 48.5 Å². The van der Waals surface area contributed by atoms with Crippen molar-refractivity contribution in [3.8, 4) is 0 Å². The smallest absolute Gasteiger partial charge is 0.349 e. The molecule has 0 aliphatic carbocycles. The van der Waals surface area contributed by atoms with Gasteiger partial charge in [0.05, 0.1) is 17.1 Å². The molecule has 0 bridgehead atoms. The maximum atomic E-state index is 12.9. The molecule has 0 aliphatic rings. The van der Waals surface area contributed by atoms with Gasteiger partial charge in [-0.05, 0) is 37.3 Å². The lowest BCUT2D eigenvalue weighted by atomic mass is 10.1. The van der Waals surface area contributed by atoms with Crippen molar-refractivity contribution in [1.29, 1.82) is 0 Å². The Bertz CT molecular complexity index is 952. The highest BCUT2D eigenvalue weighted by Gasteiger charge is 2.33. The van der Waals surface area contributed by atoms with Crippen LogP contribution in [0.4, 0.5) is 18.9 Å². The van der Waals surface area contributed by atoms with Crippen LogP contribution in [0.25, 0.3) is 0 Å². The van der Waals surface area contributed by atoms with Gasteiger partial charge >= 0.3 is 6.18 Å². The Hall–Kier alpha value is -3.07. The summed E-state index contributed by atoms with van der Waals surface area (Å²) in [7, 11) is 1.39. The molecule has 2 rings (SSSR count). The van der Waals surface area contributed by atoms with Crippen molar-refractivity contribution in [1.82, 2.24) is 10.2 Å². The summed E-state index contributed by atoms with van der Waals surface area (Å²) in [6.07, 6.45) is -4.72. The lowest BCUT2D eigenvalue weighted by Crippen LogP contribution is -2.40. The van der Waals surface area contributed by atoms with Gasteiger partial charge in [0, 0.05) is 30.8 Å². The van der Waals surface area contributed by atoms with E-state index in [-0.39, 0.29) is 24.6 Å². The van der Waals surface area contributed by atoms with E-state index in [9.17, 15) is 27.6 Å². The molecule has 166 valence electrons. The summed E-state index contributed by atoms with van der Waals surface area (Å²) < 4.78 is 38.8. The zero-order valence-corrected chi connectivity index (χ0v) is 17.6. The minimum absolute atomic E-state index is 0.0540. The van der Waals surface area contributed by atoms with Crippen molar-refractivity contribution < 1.29 is 27.6 Å². The second-order valence-corrected chi connectivity index (χ2v) is 7.34. The number of carbonyl (C=O) groups is 3. The first-order chi connectivity index (χ1) is 14.5. The number of anilines is 1. The minimum Gasteiger partial charge on any atom is -0.349 e. The molecule has 31 heavy (non-hydrogen) atoms. The molecule has 10 heteroatoms. The highest BCUT2D eigenvalue weighted by atomic mass is 35.5. The number of amides is 3. The number of nitrogens with one attached hydrogen (secondary N) is 2. The third-order valence-corrected chi connectivity index (χ3v) is 4.59. The zero-order chi connectivity index (χ0) is 23.2. The molecule has 0 radical (unpaired) electrons. The summed E-state index contributed by atoms with van der Waals surface area (Å²) in [5.41, 5.74) is -0.707. The fraction of sp³-hybridized carbons (Fsp3) is 0.286. The fourth-order valence-corrected chi connectivity index (χ4v) is 2.91. The summed E-state index contributed by atoms with van der Waals surface area (Å²) in [6, 6.07) is 11.0. The van der Waals surface area contributed by atoms with Crippen molar-refractivity contribution in [3.63, 3.8) is 0 Å². The molecule has 2 aromatic carbocycles. The first kappa shape index (κ1) is 24.2. The first-order valence-corrected chi connectivity index (χ1v) is 9.61. The highest BCUT2D eigenvalue weighted by molar-refractivity contribution is 6.31. The fourth-order valence-electron chi connectivity index (χ4n) is 2.69. The monoisotopic (exact) mass is 455 g/mol. The van der Waals surface area contributed by atoms with Crippen molar-refractivity contribution >= 4 is 35.0 Å². The molecule has 6 nitrogen and oxygen atoms in total. The SMILES string of the molecule is CC(CC(=O)N(C)CC(=O)Nc1ccc(Cl)c(C(F)(F)F)c1)NC(=O)c1ccccc1. The predicted octanol–water partition coefficient (Wildman–Crippen LogP) is 3.96. The lowest BCUT2D eigenvalue weighted by molar-refractivity contribution is -0.137. The van der Waals surface area contributed by atoms with E-state index < -0.39 is 34.6 Å². The maximum Gasteiger partial charge on any atom is 0.417 e. The number of carbonyl (C=O) groups excluding carboxylic acids is 3. The van der Waals surface area contributed by atoms with Crippen molar-refractivity contribution in [2.45, 2.75) is 25.6 Å². The molecule has 0 saturated heterocycles. The van der Waals surface area contributed by atoms with Crippen molar-refractivity contribution in [2.24, 2.45) is 0 Å². The van der Waals surface area contributed by atoms with E-state index in [1.54, 1.807) is 37.3 Å². The number of hydrogen-bond donors (Lipinski definition) is 2. The van der Waals surface area contributed by atoms with E-state index in [4.69, 9.17) is 11.6 Å². The Kier molecular flexibility index (Phi) is 8.04. The van der Waals surface area contributed by atoms with Crippen LogP contribution >= 0.6 is 11.6 Å². The Balaban J connectivity index is 1.88.